The number of halogens is 1. The van der Waals surface area contributed by atoms with Gasteiger partial charge in [-0.05, 0) is 19.8 Å². The van der Waals surface area contributed by atoms with E-state index in [9.17, 15) is 5.11 Å². The number of nitrogens with one attached hydrogen (secondary N) is 1. The van der Waals surface area contributed by atoms with E-state index in [1.807, 2.05) is 13.8 Å². The number of anilines is 1. The molecular weight excluding hydrogens is 274 g/mol. The molecule has 5 heteroatoms. The number of hydrogen-bond acceptors (Lipinski definition) is 4. The van der Waals surface area contributed by atoms with Gasteiger partial charge in [-0.2, -0.15) is 0 Å². The Hall–Kier alpha value is -0.870. The molecular formula is C15H24ClN3O. The summed E-state index contributed by atoms with van der Waals surface area (Å²) in [6, 6.07) is 0. The number of nitrogens with zero attached hydrogens (tertiary/aromatic N) is 2. The van der Waals surface area contributed by atoms with Gasteiger partial charge in [-0.25, -0.2) is 9.97 Å². The van der Waals surface area contributed by atoms with E-state index in [1.165, 1.54) is 6.42 Å². The van der Waals surface area contributed by atoms with Crippen LogP contribution in [0.4, 0.5) is 5.82 Å². The highest BCUT2D eigenvalue weighted by atomic mass is 35.5. The molecule has 2 N–H and O–H groups in total. The zero-order chi connectivity index (χ0) is 14.8. The average molecular weight is 298 g/mol. The lowest BCUT2D eigenvalue weighted by molar-refractivity contribution is 0.00957. The molecule has 2 atom stereocenters. The Morgan fingerprint density at radius 2 is 2.15 bits per heavy atom. The van der Waals surface area contributed by atoms with Crippen LogP contribution < -0.4 is 5.32 Å². The first-order valence-corrected chi connectivity index (χ1v) is 7.79. The number of aromatic nitrogens is 2. The maximum atomic E-state index is 10.2. The topological polar surface area (TPSA) is 58.0 Å². The maximum absolute atomic E-state index is 10.2. The highest BCUT2D eigenvalue weighted by molar-refractivity contribution is 6.30. The lowest BCUT2D eigenvalue weighted by atomic mass is 9.73. The summed E-state index contributed by atoms with van der Waals surface area (Å²) in [7, 11) is 0. The van der Waals surface area contributed by atoms with E-state index in [0.717, 1.165) is 42.9 Å². The molecule has 0 amide bonds. The summed E-state index contributed by atoms with van der Waals surface area (Å²) in [5.74, 6) is 1.54. The van der Waals surface area contributed by atoms with Gasteiger partial charge >= 0.3 is 0 Å². The van der Waals surface area contributed by atoms with Gasteiger partial charge in [-0.15, -0.1) is 0 Å². The van der Waals surface area contributed by atoms with Crippen LogP contribution in [0.5, 0.6) is 0 Å². The van der Waals surface area contributed by atoms with Crippen LogP contribution in [0.3, 0.4) is 0 Å². The first-order chi connectivity index (χ1) is 9.46. The quantitative estimate of drug-likeness (QED) is 0.837. The third kappa shape index (κ3) is 3.23. The van der Waals surface area contributed by atoms with Crippen molar-refractivity contribution in [3.05, 3.63) is 16.5 Å². The van der Waals surface area contributed by atoms with Gasteiger partial charge in [-0.1, -0.05) is 38.3 Å². The van der Waals surface area contributed by atoms with Crippen LogP contribution in [-0.2, 0) is 6.42 Å². The van der Waals surface area contributed by atoms with Crippen molar-refractivity contribution in [2.24, 2.45) is 5.41 Å². The van der Waals surface area contributed by atoms with E-state index in [0.29, 0.717) is 11.7 Å². The van der Waals surface area contributed by atoms with Crippen LogP contribution >= 0.6 is 11.6 Å². The molecule has 2 unspecified atom stereocenters. The number of rotatable bonds is 4. The summed E-state index contributed by atoms with van der Waals surface area (Å²) in [5, 5.41) is 14.1. The highest BCUT2D eigenvalue weighted by Crippen LogP contribution is 2.36. The highest BCUT2D eigenvalue weighted by Gasteiger charge is 2.35. The summed E-state index contributed by atoms with van der Waals surface area (Å²) in [5.41, 5.74) is 0.784. The number of aryl methyl sites for hydroxylation is 1. The fourth-order valence-electron chi connectivity index (χ4n) is 2.74. The zero-order valence-electron chi connectivity index (χ0n) is 12.5. The van der Waals surface area contributed by atoms with Crippen LogP contribution in [-0.4, -0.2) is 27.7 Å². The second-order valence-corrected chi connectivity index (χ2v) is 6.38. The summed E-state index contributed by atoms with van der Waals surface area (Å²) in [6.07, 6.45) is 4.75. The van der Waals surface area contributed by atoms with Crippen molar-refractivity contribution in [3.63, 3.8) is 0 Å². The summed E-state index contributed by atoms with van der Waals surface area (Å²) in [6.45, 7) is 6.79. The molecule has 0 aromatic carbocycles. The molecule has 4 nitrogen and oxygen atoms in total. The minimum Gasteiger partial charge on any atom is -0.392 e. The summed E-state index contributed by atoms with van der Waals surface area (Å²) >= 11 is 6.14. The molecule has 1 aromatic heterocycles. The molecule has 112 valence electrons. The average Bonchev–Trinajstić information content (AvgIpc) is 2.44. The second-order valence-electron chi connectivity index (χ2n) is 6.03. The molecule has 0 spiro atoms. The summed E-state index contributed by atoms with van der Waals surface area (Å²) in [4.78, 5) is 8.75. The van der Waals surface area contributed by atoms with E-state index in [2.05, 4.69) is 22.2 Å². The van der Waals surface area contributed by atoms with Crippen molar-refractivity contribution >= 4 is 17.4 Å². The van der Waals surface area contributed by atoms with Gasteiger partial charge in [0.2, 0.25) is 0 Å². The van der Waals surface area contributed by atoms with E-state index in [4.69, 9.17) is 11.6 Å². The van der Waals surface area contributed by atoms with E-state index < -0.39 is 0 Å². The van der Waals surface area contributed by atoms with E-state index >= 15 is 0 Å². The molecule has 1 fully saturated rings. The molecule has 1 saturated carbocycles. The Morgan fingerprint density at radius 3 is 2.80 bits per heavy atom. The standard InChI is InChI=1S/C15H24ClN3O/c1-4-12-18-13(16)10(2)14(19-12)17-9-15(3)8-6-5-7-11(15)20/h11,20H,4-9H2,1-3H3,(H,17,18,19). The molecule has 1 aromatic rings. The Bertz CT molecular complexity index is 480. The Morgan fingerprint density at radius 1 is 1.40 bits per heavy atom. The third-order valence-electron chi connectivity index (χ3n) is 4.39. The lowest BCUT2D eigenvalue weighted by Crippen LogP contribution is -2.41. The van der Waals surface area contributed by atoms with Crippen molar-refractivity contribution in [1.82, 2.24) is 9.97 Å². The van der Waals surface area contributed by atoms with Crippen molar-refractivity contribution in [1.29, 1.82) is 0 Å². The monoisotopic (exact) mass is 297 g/mol. The Kier molecular flexibility index (Phi) is 4.86. The zero-order valence-corrected chi connectivity index (χ0v) is 13.3. The fourth-order valence-corrected chi connectivity index (χ4v) is 2.92. The molecule has 0 saturated heterocycles. The van der Waals surface area contributed by atoms with E-state index in [1.54, 1.807) is 0 Å². The van der Waals surface area contributed by atoms with Gasteiger partial charge in [-0.3, -0.25) is 0 Å². The second kappa shape index (κ2) is 6.27. The molecule has 0 radical (unpaired) electrons. The largest absolute Gasteiger partial charge is 0.392 e. The maximum Gasteiger partial charge on any atom is 0.137 e. The first-order valence-electron chi connectivity index (χ1n) is 7.41. The fraction of sp³-hybridized carbons (Fsp3) is 0.733. The minimum absolute atomic E-state index is 0.0888. The molecule has 1 aliphatic carbocycles. The third-order valence-corrected chi connectivity index (χ3v) is 4.76. The first kappa shape index (κ1) is 15.5. The number of aliphatic hydroxyl groups excluding tert-OH is 1. The van der Waals surface area contributed by atoms with Crippen molar-refractivity contribution in [3.8, 4) is 0 Å². The van der Waals surface area contributed by atoms with Gasteiger partial charge in [0.1, 0.15) is 16.8 Å². The molecule has 0 aliphatic heterocycles. The predicted molar refractivity (Wildman–Crippen MR) is 82.2 cm³/mol. The van der Waals surface area contributed by atoms with Crippen LogP contribution in [0.25, 0.3) is 0 Å². The van der Waals surface area contributed by atoms with Crippen LogP contribution in [0.1, 0.15) is 50.9 Å². The predicted octanol–water partition coefficient (Wildman–Crippen LogP) is 3.35. The van der Waals surface area contributed by atoms with Gasteiger partial charge in [0.25, 0.3) is 0 Å². The SMILES string of the molecule is CCc1nc(Cl)c(C)c(NCC2(C)CCCCC2O)n1. The smallest absolute Gasteiger partial charge is 0.137 e. The van der Waals surface area contributed by atoms with Crippen molar-refractivity contribution in [2.75, 3.05) is 11.9 Å². The minimum atomic E-state index is -0.244. The van der Waals surface area contributed by atoms with Crippen molar-refractivity contribution < 1.29 is 5.11 Å². The van der Waals surface area contributed by atoms with Crippen LogP contribution in [0, 0.1) is 12.3 Å². The van der Waals surface area contributed by atoms with E-state index in [-0.39, 0.29) is 11.5 Å². The van der Waals surface area contributed by atoms with Crippen molar-refractivity contribution in [2.45, 2.75) is 59.0 Å². The van der Waals surface area contributed by atoms with Gasteiger partial charge in [0.05, 0.1) is 6.10 Å². The molecule has 2 rings (SSSR count). The van der Waals surface area contributed by atoms with Crippen LogP contribution in [0.15, 0.2) is 0 Å². The molecule has 20 heavy (non-hydrogen) atoms. The van der Waals surface area contributed by atoms with Gasteiger partial charge in [0.15, 0.2) is 0 Å². The molecule has 1 aliphatic rings. The van der Waals surface area contributed by atoms with Gasteiger partial charge in [0, 0.05) is 23.9 Å². The summed E-state index contributed by atoms with van der Waals surface area (Å²) < 4.78 is 0. The number of aliphatic hydroxyl groups is 1. The lowest BCUT2D eigenvalue weighted by Gasteiger charge is -2.38. The van der Waals surface area contributed by atoms with Crippen LogP contribution in [0.2, 0.25) is 5.15 Å². The number of hydrogen-bond donors (Lipinski definition) is 2. The molecule has 1 heterocycles. The molecule has 0 bridgehead atoms. The normalized spacial score (nSPS) is 26.6. The van der Waals surface area contributed by atoms with Gasteiger partial charge < -0.3 is 10.4 Å². The Balaban J connectivity index is 2.12. The Labute approximate surface area is 126 Å².